The van der Waals surface area contributed by atoms with Gasteiger partial charge in [-0.25, -0.2) is 13.6 Å². The van der Waals surface area contributed by atoms with Crippen molar-refractivity contribution in [1.29, 1.82) is 0 Å². The largest absolute Gasteiger partial charge is 0.469 e. The summed E-state index contributed by atoms with van der Waals surface area (Å²) in [4.78, 5) is 22.8. The normalized spacial score (nSPS) is 11.1. The van der Waals surface area contributed by atoms with E-state index in [1.807, 2.05) is 0 Å². The molecule has 0 heterocycles. The zero-order valence-electron chi connectivity index (χ0n) is 13.8. The Bertz CT molecular complexity index is 641. The molecule has 0 saturated carbocycles. The van der Waals surface area contributed by atoms with Crippen LogP contribution in [-0.2, 0) is 19.6 Å². The van der Waals surface area contributed by atoms with Crippen LogP contribution in [0.4, 0.5) is 0 Å². The van der Waals surface area contributed by atoms with Gasteiger partial charge < -0.3 is 10.1 Å². The van der Waals surface area contributed by atoms with Crippen molar-refractivity contribution in [3.8, 4) is 0 Å². The highest BCUT2D eigenvalue weighted by Gasteiger charge is 2.09. The summed E-state index contributed by atoms with van der Waals surface area (Å²) >= 11 is 0. The number of ether oxygens (including phenoxy) is 1. The molecule has 7 nitrogen and oxygen atoms in total. The van der Waals surface area contributed by atoms with Crippen LogP contribution in [0.15, 0.2) is 29.2 Å². The van der Waals surface area contributed by atoms with Crippen LogP contribution in [0.3, 0.4) is 0 Å². The molecule has 0 spiro atoms. The first kappa shape index (κ1) is 20.1. The minimum atomic E-state index is -3.75. The van der Waals surface area contributed by atoms with Crippen molar-refractivity contribution < 1.29 is 22.7 Å². The molecule has 1 rings (SSSR count). The molecule has 0 bridgehead atoms. The molecule has 0 aromatic heterocycles. The van der Waals surface area contributed by atoms with Crippen molar-refractivity contribution in [3.63, 3.8) is 0 Å². The van der Waals surface area contributed by atoms with Gasteiger partial charge in [-0.1, -0.05) is 19.3 Å². The van der Waals surface area contributed by atoms with Crippen molar-refractivity contribution in [3.05, 3.63) is 29.8 Å². The van der Waals surface area contributed by atoms with Crippen LogP contribution in [0.2, 0.25) is 0 Å². The van der Waals surface area contributed by atoms with Crippen molar-refractivity contribution >= 4 is 21.9 Å². The number of sulfonamides is 1. The van der Waals surface area contributed by atoms with Gasteiger partial charge in [0.15, 0.2) is 0 Å². The van der Waals surface area contributed by atoms with Gasteiger partial charge in [-0.2, -0.15) is 0 Å². The topological polar surface area (TPSA) is 116 Å². The van der Waals surface area contributed by atoms with E-state index in [0.29, 0.717) is 18.5 Å². The summed E-state index contributed by atoms with van der Waals surface area (Å²) < 4.78 is 26.8. The molecule has 1 aromatic rings. The predicted octanol–water partition coefficient (Wildman–Crippen LogP) is 1.58. The lowest BCUT2D eigenvalue weighted by Gasteiger charge is -2.06. The van der Waals surface area contributed by atoms with Crippen molar-refractivity contribution in [2.75, 3.05) is 13.7 Å². The van der Waals surface area contributed by atoms with Crippen molar-refractivity contribution in [2.24, 2.45) is 5.14 Å². The molecule has 1 amide bonds. The second-order valence-corrected chi connectivity index (χ2v) is 6.98. The minimum absolute atomic E-state index is 0.0222. The fourth-order valence-electron chi connectivity index (χ4n) is 2.13. The average Bonchev–Trinajstić information content (AvgIpc) is 2.56. The lowest BCUT2D eigenvalue weighted by Crippen LogP contribution is -2.24. The SMILES string of the molecule is COC(=O)CCCCCCCNC(=O)c1ccc(S(N)(=O)=O)cc1. The number of unbranched alkanes of at least 4 members (excludes halogenated alkanes) is 4. The molecule has 0 atom stereocenters. The Morgan fingerprint density at radius 3 is 2.21 bits per heavy atom. The minimum Gasteiger partial charge on any atom is -0.469 e. The Morgan fingerprint density at radius 2 is 1.62 bits per heavy atom. The fourth-order valence-corrected chi connectivity index (χ4v) is 2.64. The molecule has 8 heteroatoms. The van der Waals surface area contributed by atoms with Gasteiger partial charge in [0.05, 0.1) is 12.0 Å². The highest BCUT2D eigenvalue weighted by Crippen LogP contribution is 2.09. The van der Waals surface area contributed by atoms with Crippen molar-refractivity contribution in [2.45, 2.75) is 43.4 Å². The number of primary sulfonamides is 1. The molecule has 3 N–H and O–H groups in total. The quantitative estimate of drug-likeness (QED) is 0.488. The van der Waals surface area contributed by atoms with Crippen LogP contribution in [0.1, 0.15) is 48.9 Å². The Kier molecular flexibility index (Phi) is 8.42. The Balaban J connectivity index is 2.19. The standard InChI is InChI=1S/C16H24N2O5S/c1-23-15(19)7-5-3-2-4-6-12-18-16(20)13-8-10-14(11-9-13)24(17,21)22/h8-11H,2-7,12H2,1H3,(H,18,20)(H2,17,21,22). The van der Waals surface area contributed by atoms with Crippen LogP contribution in [0.5, 0.6) is 0 Å². The highest BCUT2D eigenvalue weighted by molar-refractivity contribution is 7.89. The van der Waals surface area contributed by atoms with Gasteiger partial charge in [-0.15, -0.1) is 0 Å². The summed E-state index contributed by atoms with van der Waals surface area (Å²) in [5.41, 5.74) is 0.389. The second-order valence-electron chi connectivity index (χ2n) is 5.42. The first-order valence-electron chi connectivity index (χ1n) is 7.82. The van der Waals surface area contributed by atoms with Crippen LogP contribution >= 0.6 is 0 Å². The monoisotopic (exact) mass is 356 g/mol. The Labute approximate surface area is 142 Å². The number of carbonyl (C=O) groups excluding carboxylic acids is 2. The number of carbonyl (C=O) groups is 2. The number of amides is 1. The van der Waals surface area contributed by atoms with Gasteiger partial charge in [0.25, 0.3) is 5.91 Å². The molecule has 0 aliphatic rings. The summed E-state index contributed by atoms with van der Waals surface area (Å²) in [5, 5.41) is 7.78. The molecule has 1 aromatic carbocycles. The van der Waals surface area contributed by atoms with Crippen LogP contribution < -0.4 is 10.5 Å². The van der Waals surface area contributed by atoms with Crippen molar-refractivity contribution in [1.82, 2.24) is 5.32 Å². The molecule has 0 aliphatic carbocycles. The van der Waals surface area contributed by atoms with Gasteiger partial charge in [-0.05, 0) is 37.1 Å². The number of benzene rings is 1. The van der Waals surface area contributed by atoms with Gasteiger partial charge in [0, 0.05) is 18.5 Å². The molecule has 0 saturated heterocycles. The van der Waals surface area contributed by atoms with Gasteiger partial charge in [-0.3, -0.25) is 9.59 Å². The zero-order chi connectivity index (χ0) is 18.0. The van der Waals surface area contributed by atoms with E-state index in [1.165, 1.54) is 31.4 Å². The summed E-state index contributed by atoms with van der Waals surface area (Å²) in [6.45, 7) is 0.548. The predicted molar refractivity (Wildman–Crippen MR) is 89.9 cm³/mol. The maximum absolute atomic E-state index is 11.9. The average molecular weight is 356 g/mol. The number of nitrogens with two attached hydrogens (primary N) is 1. The Morgan fingerprint density at radius 1 is 1.04 bits per heavy atom. The summed E-state index contributed by atoms with van der Waals surface area (Å²) in [5.74, 6) is -0.433. The lowest BCUT2D eigenvalue weighted by molar-refractivity contribution is -0.140. The van der Waals surface area contributed by atoms with Crippen LogP contribution in [0, 0.1) is 0 Å². The van der Waals surface area contributed by atoms with E-state index in [4.69, 9.17) is 5.14 Å². The number of methoxy groups -OCH3 is 1. The van der Waals surface area contributed by atoms with Gasteiger partial charge in [0.1, 0.15) is 0 Å². The summed E-state index contributed by atoms with van der Waals surface area (Å²) in [6.07, 6.45) is 5.02. The van der Waals surface area contributed by atoms with E-state index in [9.17, 15) is 18.0 Å². The molecule has 0 radical (unpaired) electrons. The Hall–Kier alpha value is -1.93. The van der Waals surface area contributed by atoms with E-state index >= 15 is 0 Å². The van der Waals surface area contributed by atoms with E-state index in [1.54, 1.807) is 0 Å². The van der Waals surface area contributed by atoms with E-state index in [-0.39, 0.29) is 16.8 Å². The first-order chi connectivity index (χ1) is 11.3. The van der Waals surface area contributed by atoms with E-state index in [0.717, 1.165) is 32.1 Å². The smallest absolute Gasteiger partial charge is 0.305 e. The number of hydrogen-bond acceptors (Lipinski definition) is 5. The highest BCUT2D eigenvalue weighted by atomic mass is 32.2. The summed E-state index contributed by atoms with van der Waals surface area (Å²) in [6, 6.07) is 5.49. The summed E-state index contributed by atoms with van der Waals surface area (Å²) in [7, 11) is -2.36. The van der Waals surface area contributed by atoms with Crippen LogP contribution in [0.25, 0.3) is 0 Å². The molecule has 134 valence electrons. The fraction of sp³-hybridized carbons (Fsp3) is 0.500. The maximum atomic E-state index is 11.9. The first-order valence-corrected chi connectivity index (χ1v) is 9.37. The molecule has 24 heavy (non-hydrogen) atoms. The number of rotatable bonds is 10. The van der Waals surface area contributed by atoms with Gasteiger partial charge in [0.2, 0.25) is 10.0 Å². The van der Waals surface area contributed by atoms with Crippen LogP contribution in [-0.4, -0.2) is 33.9 Å². The number of nitrogens with one attached hydrogen (secondary N) is 1. The number of esters is 1. The molecular formula is C16H24N2O5S. The third-order valence-corrected chi connectivity index (χ3v) is 4.45. The molecular weight excluding hydrogens is 332 g/mol. The zero-order valence-corrected chi connectivity index (χ0v) is 14.6. The van der Waals surface area contributed by atoms with E-state index < -0.39 is 10.0 Å². The third-order valence-electron chi connectivity index (χ3n) is 3.52. The molecule has 0 aliphatic heterocycles. The number of hydrogen-bond donors (Lipinski definition) is 2. The molecule has 0 fully saturated rings. The lowest BCUT2D eigenvalue weighted by atomic mass is 10.1. The third kappa shape index (κ3) is 7.56. The molecule has 0 unspecified atom stereocenters. The second kappa shape index (κ2) is 10.0. The maximum Gasteiger partial charge on any atom is 0.305 e. The van der Waals surface area contributed by atoms with Gasteiger partial charge >= 0.3 is 5.97 Å². The van der Waals surface area contributed by atoms with E-state index in [2.05, 4.69) is 10.1 Å².